The highest BCUT2D eigenvalue weighted by molar-refractivity contribution is 7.08. The number of hydrogen-bond acceptors (Lipinski definition) is 3. The van der Waals surface area contributed by atoms with Crippen LogP contribution >= 0.6 is 11.3 Å². The standard InChI is InChI=1S/C18H15NOS/c1-19-18(13-8-9-21-11-13)12-6-7-17-15(10-12)14-4-2-3-5-16(14)20-17/h2-11,18-19H,1H3. The molecule has 2 aromatic heterocycles. The average molecular weight is 293 g/mol. The molecule has 0 saturated heterocycles. The van der Waals surface area contributed by atoms with Crippen molar-refractivity contribution >= 4 is 33.3 Å². The molecule has 3 heteroatoms. The average Bonchev–Trinajstić information content (AvgIpc) is 3.15. The summed E-state index contributed by atoms with van der Waals surface area (Å²) in [7, 11) is 2.00. The van der Waals surface area contributed by atoms with Crippen LogP contribution in [0, 0.1) is 0 Å². The van der Waals surface area contributed by atoms with Gasteiger partial charge in [0.1, 0.15) is 11.2 Å². The van der Waals surface area contributed by atoms with Gasteiger partial charge in [-0.2, -0.15) is 11.3 Å². The Hall–Kier alpha value is -2.10. The molecule has 0 aliphatic rings. The molecule has 0 aliphatic carbocycles. The van der Waals surface area contributed by atoms with Crippen molar-refractivity contribution in [2.24, 2.45) is 0 Å². The number of rotatable bonds is 3. The van der Waals surface area contributed by atoms with Crippen LogP contribution in [0.15, 0.2) is 63.7 Å². The molecule has 0 radical (unpaired) electrons. The van der Waals surface area contributed by atoms with Gasteiger partial charge in [-0.25, -0.2) is 0 Å². The second-order valence-electron chi connectivity index (χ2n) is 5.13. The van der Waals surface area contributed by atoms with Crippen LogP contribution in [0.4, 0.5) is 0 Å². The number of para-hydroxylation sites is 1. The Balaban J connectivity index is 1.91. The van der Waals surface area contributed by atoms with Gasteiger partial charge in [0.25, 0.3) is 0 Å². The Labute approximate surface area is 127 Å². The monoisotopic (exact) mass is 293 g/mol. The van der Waals surface area contributed by atoms with Crippen molar-refractivity contribution in [3.63, 3.8) is 0 Å². The van der Waals surface area contributed by atoms with Crippen molar-refractivity contribution in [1.82, 2.24) is 5.32 Å². The zero-order chi connectivity index (χ0) is 14.2. The minimum absolute atomic E-state index is 0.217. The van der Waals surface area contributed by atoms with Crippen molar-refractivity contribution in [1.29, 1.82) is 0 Å². The van der Waals surface area contributed by atoms with Gasteiger partial charge in [-0.15, -0.1) is 0 Å². The van der Waals surface area contributed by atoms with Crippen LogP contribution < -0.4 is 5.32 Å². The fourth-order valence-corrected chi connectivity index (χ4v) is 3.57. The topological polar surface area (TPSA) is 25.2 Å². The lowest BCUT2D eigenvalue weighted by molar-refractivity contribution is 0.666. The van der Waals surface area contributed by atoms with Crippen LogP contribution in [-0.4, -0.2) is 7.05 Å². The van der Waals surface area contributed by atoms with E-state index in [1.54, 1.807) is 11.3 Å². The summed E-state index contributed by atoms with van der Waals surface area (Å²) in [6.45, 7) is 0. The number of hydrogen-bond donors (Lipinski definition) is 1. The molecule has 0 amide bonds. The van der Waals surface area contributed by atoms with E-state index >= 15 is 0 Å². The maximum absolute atomic E-state index is 5.89. The van der Waals surface area contributed by atoms with Gasteiger partial charge < -0.3 is 9.73 Å². The summed E-state index contributed by atoms with van der Waals surface area (Å²) in [5.74, 6) is 0. The summed E-state index contributed by atoms with van der Waals surface area (Å²) in [5.41, 5.74) is 4.45. The molecule has 0 fully saturated rings. The lowest BCUT2D eigenvalue weighted by atomic mass is 9.99. The second-order valence-corrected chi connectivity index (χ2v) is 5.91. The summed E-state index contributed by atoms with van der Waals surface area (Å²) in [6, 6.07) is 17.0. The normalized spacial score (nSPS) is 13.0. The van der Waals surface area contributed by atoms with Gasteiger partial charge in [0, 0.05) is 10.8 Å². The second kappa shape index (κ2) is 5.02. The molecule has 4 rings (SSSR count). The van der Waals surface area contributed by atoms with Crippen LogP contribution in [0.5, 0.6) is 0 Å². The molecule has 0 spiro atoms. The van der Waals surface area contributed by atoms with E-state index in [2.05, 4.69) is 52.5 Å². The first-order valence-electron chi connectivity index (χ1n) is 6.97. The van der Waals surface area contributed by atoms with Crippen molar-refractivity contribution in [2.75, 3.05) is 7.05 Å². The van der Waals surface area contributed by atoms with Gasteiger partial charge in [0.15, 0.2) is 0 Å². The molecule has 0 bridgehead atoms. The van der Waals surface area contributed by atoms with Gasteiger partial charge in [0.2, 0.25) is 0 Å². The van der Waals surface area contributed by atoms with E-state index in [4.69, 9.17) is 4.42 Å². The largest absolute Gasteiger partial charge is 0.456 e. The summed E-state index contributed by atoms with van der Waals surface area (Å²) in [5, 5.41) is 10.1. The maximum Gasteiger partial charge on any atom is 0.135 e. The van der Waals surface area contributed by atoms with Crippen LogP contribution in [0.1, 0.15) is 17.2 Å². The van der Waals surface area contributed by atoms with E-state index in [9.17, 15) is 0 Å². The molecular formula is C18H15NOS. The molecule has 4 aromatic rings. The smallest absolute Gasteiger partial charge is 0.135 e. The zero-order valence-electron chi connectivity index (χ0n) is 11.7. The maximum atomic E-state index is 5.89. The Morgan fingerprint density at radius 1 is 0.952 bits per heavy atom. The summed E-state index contributed by atoms with van der Waals surface area (Å²) >= 11 is 1.73. The summed E-state index contributed by atoms with van der Waals surface area (Å²) < 4.78 is 5.89. The fourth-order valence-electron chi connectivity index (χ4n) is 2.89. The molecule has 0 saturated carbocycles. The third-order valence-corrected chi connectivity index (χ3v) is 4.60. The minimum atomic E-state index is 0.217. The van der Waals surface area contributed by atoms with Gasteiger partial charge in [-0.1, -0.05) is 24.3 Å². The molecule has 1 N–H and O–H groups in total. The Morgan fingerprint density at radius 2 is 1.81 bits per heavy atom. The predicted octanol–water partition coefficient (Wildman–Crippen LogP) is 4.96. The minimum Gasteiger partial charge on any atom is -0.456 e. The van der Waals surface area contributed by atoms with Gasteiger partial charge in [-0.3, -0.25) is 0 Å². The first-order chi connectivity index (χ1) is 10.4. The summed E-state index contributed by atoms with van der Waals surface area (Å²) in [4.78, 5) is 0. The fraction of sp³-hybridized carbons (Fsp3) is 0.111. The zero-order valence-corrected chi connectivity index (χ0v) is 12.5. The predicted molar refractivity (Wildman–Crippen MR) is 88.9 cm³/mol. The number of thiophene rings is 1. The first kappa shape index (κ1) is 12.6. The number of benzene rings is 2. The van der Waals surface area contributed by atoms with Crippen molar-refractivity contribution in [2.45, 2.75) is 6.04 Å². The van der Waals surface area contributed by atoms with Crippen LogP contribution in [0.3, 0.4) is 0 Å². The Morgan fingerprint density at radius 3 is 2.62 bits per heavy atom. The highest BCUT2D eigenvalue weighted by Gasteiger charge is 2.14. The van der Waals surface area contributed by atoms with Gasteiger partial charge in [-0.05, 0) is 53.2 Å². The highest BCUT2D eigenvalue weighted by atomic mass is 32.1. The third kappa shape index (κ3) is 2.06. The van der Waals surface area contributed by atoms with Crippen LogP contribution in [0.25, 0.3) is 21.9 Å². The lowest BCUT2D eigenvalue weighted by Gasteiger charge is -2.15. The Kier molecular flexibility index (Phi) is 3.02. The quantitative estimate of drug-likeness (QED) is 0.578. The number of fused-ring (bicyclic) bond motifs is 3. The Bertz CT molecular complexity index is 892. The van der Waals surface area contributed by atoms with Crippen molar-refractivity contribution in [3.8, 4) is 0 Å². The van der Waals surface area contributed by atoms with E-state index < -0.39 is 0 Å². The molecular weight excluding hydrogens is 278 g/mol. The molecule has 2 nitrogen and oxygen atoms in total. The number of nitrogens with one attached hydrogen (secondary N) is 1. The summed E-state index contributed by atoms with van der Waals surface area (Å²) in [6.07, 6.45) is 0. The van der Waals surface area contributed by atoms with Crippen LogP contribution in [0.2, 0.25) is 0 Å². The SMILES string of the molecule is CNC(c1ccsc1)c1ccc2oc3ccccc3c2c1. The van der Waals surface area contributed by atoms with Gasteiger partial charge >= 0.3 is 0 Å². The van der Waals surface area contributed by atoms with E-state index in [0.717, 1.165) is 11.2 Å². The first-order valence-corrected chi connectivity index (χ1v) is 7.91. The highest BCUT2D eigenvalue weighted by Crippen LogP contribution is 2.32. The van der Waals surface area contributed by atoms with Crippen molar-refractivity contribution in [3.05, 3.63) is 70.4 Å². The van der Waals surface area contributed by atoms with Gasteiger partial charge in [0.05, 0.1) is 6.04 Å². The molecule has 0 aliphatic heterocycles. The number of furan rings is 1. The molecule has 1 atom stereocenters. The van der Waals surface area contributed by atoms with E-state index in [0.29, 0.717) is 0 Å². The molecule has 21 heavy (non-hydrogen) atoms. The molecule has 104 valence electrons. The van der Waals surface area contributed by atoms with E-state index in [1.165, 1.54) is 21.9 Å². The van der Waals surface area contributed by atoms with E-state index in [-0.39, 0.29) is 6.04 Å². The third-order valence-electron chi connectivity index (χ3n) is 3.90. The molecule has 1 unspecified atom stereocenters. The van der Waals surface area contributed by atoms with Crippen molar-refractivity contribution < 1.29 is 4.42 Å². The molecule has 2 heterocycles. The molecule has 2 aromatic carbocycles. The lowest BCUT2D eigenvalue weighted by Crippen LogP contribution is -2.16. The van der Waals surface area contributed by atoms with E-state index in [1.807, 2.05) is 19.2 Å². The van der Waals surface area contributed by atoms with Crippen LogP contribution in [-0.2, 0) is 0 Å².